The Morgan fingerprint density at radius 3 is 2.14 bits per heavy atom. The van der Waals surface area contributed by atoms with E-state index in [-0.39, 0.29) is 47.2 Å². The van der Waals surface area contributed by atoms with Crippen LogP contribution in [0.3, 0.4) is 0 Å². The van der Waals surface area contributed by atoms with Gasteiger partial charge >= 0.3 is 5.97 Å². The van der Waals surface area contributed by atoms with Gasteiger partial charge in [-0.15, -0.1) is 0 Å². The van der Waals surface area contributed by atoms with Gasteiger partial charge in [-0.3, -0.25) is 19.3 Å². The standard InChI is InChI=1S/C22H25NO5/c1-12(2)19(22(27)28-11-16(24)13-6-4-3-5-7-13)23-20(25)17-14-8-9-15(10-14)18(17)21(23)26/h3-7,12,14-15,17-19H,8-11H2,1-2H3/t14-,15-,17-,18-,19+/m0/s1. The van der Waals surface area contributed by atoms with Gasteiger partial charge in [0.05, 0.1) is 11.8 Å². The third-order valence-corrected chi connectivity index (χ3v) is 6.55. The summed E-state index contributed by atoms with van der Waals surface area (Å²) in [5.74, 6) is -1.76. The SMILES string of the molecule is CC(C)[C@H](C(=O)OCC(=O)c1ccccc1)N1C(=O)[C@H]2[C@H]3CC[C@@H](C3)[C@@H]2C1=O. The summed E-state index contributed by atoms with van der Waals surface area (Å²) in [6.45, 7) is 3.17. The van der Waals surface area contributed by atoms with Crippen molar-refractivity contribution >= 4 is 23.6 Å². The highest BCUT2D eigenvalue weighted by Gasteiger charge is 2.62. The number of imide groups is 1. The largest absolute Gasteiger partial charge is 0.456 e. The first-order valence-electron chi connectivity index (χ1n) is 10.0. The fraction of sp³-hybridized carbons (Fsp3) is 0.545. The van der Waals surface area contributed by atoms with Crippen molar-refractivity contribution < 1.29 is 23.9 Å². The summed E-state index contributed by atoms with van der Waals surface area (Å²) < 4.78 is 5.25. The van der Waals surface area contributed by atoms with Crippen LogP contribution in [0, 0.1) is 29.6 Å². The first-order chi connectivity index (χ1) is 13.4. The van der Waals surface area contributed by atoms with Crippen LogP contribution >= 0.6 is 0 Å². The van der Waals surface area contributed by atoms with Crippen LogP contribution in [-0.2, 0) is 19.1 Å². The van der Waals surface area contributed by atoms with E-state index in [2.05, 4.69) is 0 Å². The van der Waals surface area contributed by atoms with Crippen LogP contribution in [-0.4, -0.2) is 41.1 Å². The second-order valence-corrected chi connectivity index (χ2v) is 8.52. The molecule has 3 aliphatic rings. The molecule has 1 aromatic carbocycles. The van der Waals surface area contributed by atoms with Crippen molar-refractivity contribution in [1.82, 2.24) is 4.90 Å². The summed E-state index contributed by atoms with van der Waals surface area (Å²) in [5.41, 5.74) is 0.454. The number of amides is 2. The number of hydrogen-bond donors (Lipinski definition) is 0. The summed E-state index contributed by atoms with van der Waals surface area (Å²) >= 11 is 0. The zero-order chi connectivity index (χ0) is 20.0. The molecule has 1 aliphatic heterocycles. The van der Waals surface area contributed by atoms with E-state index in [9.17, 15) is 19.2 Å². The van der Waals surface area contributed by atoms with E-state index in [1.54, 1.807) is 44.2 Å². The molecule has 0 radical (unpaired) electrons. The molecular formula is C22H25NO5. The highest BCUT2D eigenvalue weighted by atomic mass is 16.5. The molecule has 4 rings (SSSR count). The predicted octanol–water partition coefficient (Wildman–Crippen LogP) is 2.47. The Balaban J connectivity index is 1.48. The lowest BCUT2D eigenvalue weighted by atomic mass is 9.81. The number of rotatable bonds is 6. The van der Waals surface area contributed by atoms with Crippen LogP contribution in [0.25, 0.3) is 0 Å². The van der Waals surface area contributed by atoms with Gasteiger partial charge in [0.2, 0.25) is 11.8 Å². The predicted molar refractivity (Wildman–Crippen MR) is 100 cm³/mol. The lowest BCUT2D eigenvalue weighted by molar-refractivity contribution is -0.160. The highest BCUT2D eigenvalue weighted by molar-refractivity contribution is 6.09. The first-order valence-corrected chi connectivity index (χ1v) is 10.0. The molecule has 0 N–H and O–H groups in total. The average Bonchev–Trinajstić information content (AvgIpc) is 3.36. The number of likely N-dealkylation sites (tertiary alicyclic amines) is 1. The molecule has 148 valence electrons. The Bertz CT molecular complexity index is 789. The van der Waals surface area contributed by atoms with Crippen molar-refractivity contribution in [2.45, 2.75) is 39.2 Å². The minimum absolute atomic E-state index is 0.229. The molecule has 0 unspecified atom stereocenters. The summed E-state index contributed by atoms with van der Waals surface area (Å²) in [4.78, 5) is 52.2. The number of ketones is 1. The Morgan fingerprint density at radius 1 is 1.04 bits per heavy atom. The highest BCUT2D eigenvalue weighted by Crippen LogP contribution is 2.56. The van der Waals surface area contributed by atoms with Crippen molar-refractivity contribution in [3.8, 4) is 0 Å². The van der Waals surface area contributed by atoms with Gasteiger partial charge in [0.1, 0.15) is 6.04 Å². The minimum atomic E-state index is -0.978. The number of esters is 1. The molecule has 0 spiro atoms. The quantitative estimate of drug-likeness (QED) is 0.428. The lowest BCUT2D eigenvalue weighted by Crippen LogP contribution is -2.50. The molecule has 3 fully saturated rings. The van der Waals surface area contributed by atoms with Crippen LogP contribution in [0.4, 0.5) is 0 Å². The van der Waals surface area contributed by atoms with Crippen LogP contribution in [0.5, 0.6) is 0 Å². The van der Waals surface area contributed by atoms with Crippen LogP contribution in [0.2, 0.25) is 0 Å². The van der Waals surface area contributed by atoms with E-state index in [0.29, 0.717) is 5.56 Å². The summed E-state index contributed by atoms with van der Waals surface area (Å²) in [6.07, 6.45) is 2.92. The average molecular weight is 383 g/mol. The number of fused-ring (bicyclic) bond motifs is 5. The topological polar surface area (TPSA) is 80.8 Å². The van der Waals surface area contributed by atoms with Gasteiger partial charge in [-0.1, -0.05) is 44.2 Å². The van der Waals surface area contributed by atoms with Gasteiger partial charge < -0.3 is 4.74 Å². The van der Waals surface area contributed by atoms with Crippen LogP contribution < -0.4 is 0 Å². The first kappa shape index (κ1) is 18.8. The molecule has 5 atom stereocenters. The number of Topliss-reactive ketones (excluding diaryl/α,β-unsaturated/α-hetero) is 1. The number of carbonyl (C=O) groups excluding carboxylic acids is 4. The Morgan fingerprint density at radius 2 is 1.61 bits per heavy atom. The zero-order valence-electron chi connectivity index (χ0n) is 16.2. The molecule has 2 aliphatic carbocycles. The fourth-order valence-corrected chi connectivity index (χ4v) is 5.31. The zero-order valence-corrected chi connectivity index (χ0v) is 16.2. The minimum Gasteiger partial charge on any atom is -0.456 e. The van der Waals surface area contributed by atoms with Crippen molar-refractivity contribution in [2.24, 2.45) is 29.6 Å². The Hall–Kier alpha value is -2.50. The van der Waals surface area contributed by atoms with E-state index >= 15 is 0 Å². The molecule has 1 heterocycles. The van der Waals surface area contributed by atoms with Gasteiger partial charge in [0, 0.05) is 5.56 Å². The Kier molecular flexibility index (Phi) is 4.81. The molecule has 0 aromatic heterocycles. The van der Waals surface area contributed by atoms with E-state index in [0.717, 1.165) is 24.2 Å². The molecule has 2 saturated carbocycles. The van der Waals surface area contributed by atoms with Crippen LogP contribution in [0.15, 0.2) is 30.3 Å². The van der Waals surface area contributed by atoms with E-state index in [1.165, 1.54) is 0 Å². The maximum absolute atomic E-state index is 13.0. The monoisotopic (exact) mass is 383 g/mol. The molecule has 6 nitrogen and oxygen atoms in total. The van der Waals surface area contributed by atoms with Crippen molar-refractivity contribution in [2.75, 3.05) is 6.61 Å². The van der Waals surface area contributed by atoms with Gasteiger partial charge in [0.25, 0.3) is 0 Å². The fourth-order valence-electron chi connectivity index (χ4n) is 5.31. The van der Waals surface area contributed by atoms with E-state index in [1.807, 2.05) is 0 Å². The van der Waals surface area contributed by atoms with Crippen molar-refractivity contribution in [1.29, 1.82) is 0 Å². The second-order valence-electron chi connectivity index (χ2n) is 8.52. The van der Waals surface area contributed by atoms with Crippen molar-refractivity contribution in [3.63, 3.8) is 0 Å². The number of benzene rings is 1. The van der Waals surface area contributed by atoms with Crippen molar-refractivity contribution in [3.05, 3.63) is 35.9 Å². The normalized spacial score (nSPS) is 29.3. The van der Waals surface area contributed by atoms with E-state index in [4.69, 9.17) is 4.74 Å². The maximum atomic E-state index is 13.0. The summed E-state index contributed by atoms with van der Waals surface area (Å²) in [7, 11) is 0. The summed E-state index contributed by atoms with van der Waals surface area (Å²) in [6, 6.07) is 7.60. The molecule has 28 heavy (non-hydrogen) atoms. The molecule has 2 amide bonds. The second kappa shape index (κ2) is 7.15. The third kappa shape index (κ3) is 2.95. The van der Waals surface area contributed by atoms with Gasteiger partial charge in [-0.2, -0.15) is 0 Å². The van der Waals surface area contributed by atoms with E-state index < -0.39 is 18.6 Å². The van der Waals surface area contributed by atoms with Gasteiger partial charge in [-0.25, -0.2) is 4.79 Å². The molecular weight excluding hydrogens is 358 g/mol. The van der Waals surface area contributed by atoms with Crippen LogP contribution in [0.1, 0.15) is 43.5 Å². The lowest BCUT2D eigenvalue weighted by Gasteiger charge is -2.28. The van der Waals surface area contributed by atoms with Gasteiger partial charge in [-0.05, 0) is 37.0 Å². The smallest absolute Gasteiger partial charge is 0.330 e. The van der Waals surface area contributed by atoms with Gasteiger partial charge in [0.15, 0.2) is 12.4 Å². The summed E-state index contributed by atoms with van der Waals surface area (Å²) in [5, 5.41) is 0. The number of carbonyl (C=O) groups is 4. The Labute approximate surface area is 164 Å². The molecule has 6 heteroatoms. The number of hydrogen-bond acceptors (Lipinski definition) is 5. The number of nitrogens with zero attached hydrogens (tertiary/aromatic N) is 1. The third-order valence-electron chi connectivity index (χ3n) is 6.55. The maximum Gasteiger partial charge on any atom is 0.330 e. The number of ether oxygens (including phenoxy) is 1. The molecule has 1 saturated heterocycles. The molecule has 2 bridgehead atoms. The molecule has 1 aromatic rings.